The molecule has 8 nitrogen and oxygen atoms in total. The van der Waals surface area contributed by atoms with Crippen LogP contribution in [-0.2, 0) is 4.79 Å². The Kier molecular flexibility index (Phi) is 5.57. The van der Waals surface area contributed by atoms with Crippen molar-refractivity contribution in [1.29, 1.82) is 0 Å². The molecule has 0 unspecified atom stereocenters. The minimum Gasteiger partial charge on any atom is -0.355 e. The van der Waals surface area contributed by atoms with Crippen LogP contribution in [0.2, 0.25) is 0 Å². The summed E-state index contributed by atoms with van der Waals surface area (Å²) in [6.07, 6.45) is 4.59. The third-order valence-electron chi connectivity index (χ3n) is 5.75. The monoisotopic (exact) mass is 425 g/mol. The van der Waals surface area contributed by atoms with Gasteiger partial charge >= 0.3 is 0 Å². The number of aromatic nitrogens is 5. The molecule has 2 aromatic carbocycles. The third-order valence-corrected chi connectivity index (χ3v) is 5.75. The number of rotatable bonds is 5. The van der Waals surface area contributed by atoms with Crippen LogP contribution in [0, 0.1) is 5.92 Å². The molecule has 1 aliphatic rings. The van der Waals surface area contributed by atoms with E-state index in [1.54, 1.807) is 11.0 Å². The smallest absolute Gasteiger partial charge is 0.227 e. The van der Waals surface area contributed by atoms with Crippen molar-refractivity contribution in [3.63, 3.8) is 0 Å². The molecule has 5 rings (SSSR count). The topological polar surface area (TPSA) is 88.8 Å². The van der Waals surface area contributed by atoms with Gasteiger partial charge in [0.05, 0.1) is 0 Å². The summed E-state index contributed by atoms with van der Waals surface area (Å²) >= 11 is 0. The molecule has 0 atom stereocenters. The molecular weight excluding hydrogens is 402 g/mol. The number of piperidine rings is 1. The summed E-state index contributed by atoms with van der Waals surface area (Å²) in [6.45, 7) is 1.52. The van der Waals surface area contributed by atoms with E-state index in [0.717, 1.165) is 48.6 Å². The number of amides is 1. The number of anilines is 2. The largest absolute Gasteiger partial charge is 0.355 e. The second-order valence-corrected chi connectivity index (χ2v) is 7.75. The van der Waals surface area contributed by atoms with Crippen molar-refractivity contribution in [2.24, 2.45) is 5.92 Å². The first-order valence-electron chi connectivity index (χ1n) is 10.7. The first kappa shape index (κ1) is 19.9. The number of hydrogen-bond donors (Lipinski definition) is 1. The Morgan fingerprint density at radius 2 is 1.59 bits per heavy atom. The highest BCUT2D eigenvalue weighted by Gasteiger charge is 2.26. The molecule has 1 fully saturated rings. The van der Waals surface area contributed by atoms with Crippen LogP contribution >= 0.6 is 0 Å². The molecule has 0 bridgehead atoms. The van der Waals surface area contributed by atoms with E-state index in [0.29, 0.717) is 5.82 Å². The van der Waals surface area contributed by atoms with Gasteiger partial charge in [-0.2, -0.15) is 5.10 Å². The number of para-hydroxylation sites is 1. The average Bonchev–Trinajstić information content (AvgIpc) is 3.40. The molecule has 1 amide bonds. The Morgan fingerprint density at radius 1 is 0.875 bits per heavy atom. The fourth-order valence-corrected chi connectivity index (χ4v) is 4.00. The highest BCUT2D eigenvalue weighted by Crippen LogP contribution is 2.29. The fourth-order valence-electron chi connectivity index (χ4n) is 4.00. The molecule has 32 heavy (non-hydrogen) atoms. The molecule has 8 heteroatoms. The SMILES string of the molecule is O=C(Nc1ccccc1-c1ccccc1)C1CCN(c2ccc(-n3cncn3)nn2)CC1. The molecule has 1 aliphatic heterocycles. The van der Waals surface area contributed by atoms with Crippen LogP contribution in [0.3, 0.4) is 0 Å². The standard InChI is InChI=1S/C24H23N7O/c32-24(27-21-9-5-4-8-20(21)18-6-2-1-3-7-18)19-12-14-30(15-13-19)22-10-11-23(29-28-22)31-17-25-16-26-31/h1-11,16-17,19H,12-15H2,(H,27,32). The van der Waals surface area contributed by atoms with Crippen molar-refractivity contribution in [3.05, 3.63) is 79.4 Å². The number of nitrogens with one attached hydrogen (secondary N) is 1. The second kappa shape index (κ2) is 8.97. The molecule has 1 N–H and O–H groups in total. The van der Waals surface area contributed by atoms with Crippen LogP contribution in [0.4, 0.5) is 11.5 Å². The highest BCUT2D eigenvalue weighted by atomic mass is 16.1. The van der Waals surface area contributed by atoms with Crippen LogP contribution in [0.1, 0.15) is 12.8 Å². The van der Waals surface area contributed by atoms with Crippen molar-refractivity contribution < 1.29 is 4.79 Å². The van der Waals surface area contributed by atoms with E-state index in [4.69, 9.17) is 0 Å². The number of benzene rings is 2. The minimum atomic E-state index is -0.0301. The lowest BCUT2D eigenvalue weighted by Gasteiger charge is -2.32. The van der Waals surface area contributed by atoms with Gasteiger partial charge in [0, 0.05) is 30.3 Å². The summed E-state index contributed by atoms with van der Waals surface area (Å²) in [6, 6.07) is 21.9. The summed E-state index contributed by atoms with van der Waals surface area (Å²) in [7, 11) is 0. The summed E-state index contributed by atoms with van der Waals surface area (Å²) in [5.41, 5.74) is 2.97. The summed E-state index contributed by atoms with van der Waals surface area (Å²) in [5.74, 6) is 1.47. The lowest BCUT2D eigenvalue weighted by molar-refractivity contribution is -0.120. The number of hydrogen-bond acceptors (Lipinski definition) is 6. The summed E-state index contributed by atoms with van der Waals surface area (Å²) in [4.78, 5) is 19.1. The van der Waals surface area contributed by atoms with E-state index in [-0.39, 0.29) is 11.8 Å². The zero-order chi connectivity index (χ0) is 21.8. The van der Waals surface area contributed by atoms with Crippen LogP contribution < -0.4 is 10.2 Å². The van der Waals surface area contributed by atoms with E-state index < -0.39 is 0 Å². The Labute approximate surface area is 185 Å². The van der Waals surface area contributed by atoms with Gasteiger partial charge in [0.2, 0.25) is 5.91 Å². The molecule has 4 aromatic rings. The van der Waals surface area contributed by atoms with Crippen LogP contribution in [0.15, 0.2) is 79.4 Å². The van der Waals surface area contributed by atoms with E-state index in [1.165, 1.54) is 6.33 Å². The van der Waals surface area contributed by atoms with Crippen molar-refractivity contribution in [2.75, 3.05) is 23.3 Å². The summed E-state index contributed by atoms with van der Waals surface area (Å²) < 4.78 is 1.57. The van der Waals surface area contributed by atoms with Crippen molar-refractivity contribution in [1.82, 2.24) is 25.0 Å². The lowest BCUT2D eigenvalue weighted by atomic mass is 9.95. The molecule has 0 spiro atoms. The minimum absolute atomic E-state index is 0.0301. The predicted octanol–water partition coefficient (Wildman–Crippen LogP) is 3.58. The van der Waals surface area contributed by atoms with E-state index in [2.05, 4.69) is 42.6 Å². The first-order valence-corrected chi connectivity index (χ1v) is 10.7. The van der Waals surface area contributed by atoms with Crippen LogP contribution in [0.5, 0.6) is 0 Å². The zero-order valence-electron chi connectivity index (χ0n) is 17.5. The predicted molar refractivity (Wildman–Crippen MR) is 122 cm³/mol. The fraction of sp³-hybridized carbons (Fsp3) is 0.208. The van der Waals surface area contributed by atoms with Gasteiger partial charge in [0.25, 0.3) is 0 Å². The van der Waals surface area contributed by atoms with Crippen molar-refractivity contribution in [3.8, 4) is 16.9 Å². The van der Waals surface area contributed by atoms with Gasteiger partial charge in [-0.05, 0) is 36.6 Å². The molecular formula is C24H23N7O. The molecule has 0 aliphatic carbocycles. The Hall–Kier alpha value is -4.07. The number of carbonyl (C=O) groups is 1. The van der Waals surface area contributed by atoms with Gasteiger partial charge in [0.15, 0.2) is 11.6 Å². The van der Waals surface area contributed by atoms with Crippen molar-refractivity contribution in [2.45, 2.75) is 12.8 Å². The maximum Gasteiger partial charge on any atom is 0.227 e. The van der Waals surface area contributed by atoms with Gasteiger partial charge in [-0.3, -0.25) is 4.79 Å². The van der Waals surface area contributed by atoms with Crippen LogP contribution in [-0.4, -0.2) is 44.0 Å². The number of nitrogens with zero attached hydrogens (tertiary/aromatic N) is 6. The Bertz CT molecular complexity index is 1170. The van der Waals surface area contributed by atoms with Crippen LogP contribution in [0.25, 0.3) is 16.9 Å². The molecule has 0 saturated carbocycles. The number of carbonyl (C=O) groups excluding carboxylic acids is 1. The molecule has 3 heterocycles. The van der Waals surface area contributed by atoms with Gasteiger partial charge in [-0.15, -0.1) is 10.2 Å². The van der Waals surface area contributed by atoms with E-state index in [1.807, 2.05) is 54.6 Å². The molecule has 1 saturated heterocycles. The maximum atomic E-state index is 13.0. The van der Waals surface area contributed by atoms with Crippen molar-refractivity contribution >= 4 is 17.4 Å². The zero-order valence-corrected chi connectivity index (χ0v) is 17.5. The third kappa shape index (κ3) is 4.20. The quantitative estimate of drug-likeness (QED) is 0.526. The normalized spacial score (nSPS) is 14.3. The highest BCUT2D eigenvalue weighted by molar-refractivity contribution is 5.96. The molecule has 0 radical (unpaired) electrons. The van der Waals surface area contributed by atoms with E-state index in [9.17, 15) is 4.79 Å². The average molecular weight is 425 g/mol. The van der Waals surface area contributed by atoms with Gasteiger partial charge in [-0.25, -0.2) is 9.67 Å². The maximum absolute atomic E-state index is 13.0. The Morgan fingerprint density at radius 3 is 2.31 bits per heavy atom. The van der Waals surface area contributed by atoms with Gasteiger partial charge in [0.1, 0.15) is 12.7 Å². The first-order chi connectivity index (χ1) is 15.8. The van der Waals surface area contributed by atoms with Gasteiger partial charge < -0.3 is 10.2 Å². The Balaban J connectivity index is 1.21. The molecule has 2 aromatic heterocycles. The molecule has 160 valence electrons. The second-order valence-electron chi connectivity index (χ2n) is 7.75. The summed E-state index contributed by atoms with van der Waals surface area (Å²) in [5, 5.41) is 15.8. The lowest BCUT2D eigenvalue weighted by Crippen LogP contribution is -2.38. The van der Waals surface area contributed by atoms with Gasteiger partial charge in [-0.1, -0.05) is 48.5 Å². The van der Waals surface area contributed by atoms with E-state index >= 15 is 0 Å².